The van der Waals surface area contributed by atoms with E-state index >= 15 is 0 Å². The summed E-state index contributed by atoms with van der Waals surface area (Å²) < 4.78 is 11.0. The first kappa shape index (κ1) is 20.6. The minimum Gasteiger partial charge on any atom is -0.496 e. The molecule has 0 spiro atoms. The van der Waals surface area contributed by atoms with Crippen LogP contribution in [0.15, 0.2) is 17.2 Å². The van der Waals surface area contributed by atoms with E-state index in [1.807, 2.05) is 13.2 Å². The number of unbranched alkanes of at least 4 members (excludes halogenated alkanes) is 2. The summed E-state index contributed by atoms with van der Waals surface area (Å²) in [5.41, 5.74) is 2.30. The van der Waals surface area contributed by atoms with Crippen molar-refractivity contribution in [2.75, 3.05) is 32.3 Å². The molecule has 0 amide bonds. The Morgan fingerprint density at radius 1 is 1.12 bits per heavy atom. The van der Waals surface area contributed by atoms with Crippen LogP contribution in [0.3, 0.4) is 0 Å². The van der Waals surface area contributed by atoms with Gasteiger partial charge in [-0.1, -0.05) is 31.4 Å². The number of anilines is 1. The molecule has 1 aromatic heterocycles. The lowest BCUT2D eigenvalue weighted by molar-refractivity contribution is 0.397. The van der Waals surface area contributed by atoms with E-state index in [0.29, 0.717) is 16.5 Å². The van der Waals surface area contributed by atoms with Crippen LogP contribution in [0.25, 0.3) is 11.3 Å². The van der Waals surface area contributed by atoms with E-state index in [-0.39, 0.29) is 0 Å². The van der Waals surface area contributed by atoms with E-state index in [4.69, 9.17) is 31.0 Å². The number of ether oxygens (including phenoxy) is 2. The highest BCUT2D eigenvalue weighted by molar-refractivity contribution is 7.98. The number of rotatable bonds is 9. The molecule has 0 saturated carbocycles. The number of nitrogens with zero attached hydrogens (tertiary/aromatic N) is 2. The van der Waals surface area contributed by atoms with E-state index in [0.717, 1.165) is 40.8 Å². The smallest absolute Gasteiger partial charge is 0.158 e. The molecule has 1 heterocycles. The van der Waals surface area contributed by atoms with Gasteiger partial charge in [-0.05, 0) is 31.7 Å². The first-order chi connectivity index (χ1) is 12.5. The van der Waals surface area contributed by atoms with E-state index in [9.17, 15) is 0 Å². The van der Waals surface area contributed by atoms with Gasteiger partial charge in [0.15, 0.2) is 5.82 Å². The topological polar surface area (TPSA) is 56.3 Å². The fourth-order valence-electron chi connectivity index (χ4n) is 2.69. The molecule has 0 saturated heterocycles. The van der Waals surface area contributed by atoms with Gasteiger partial charge in [0, 0.05) is 11.6 Å². The van der Waals surface area contributed by atoms with Crippen molar-refractivity contribution in [2.45, 2.75) is 38.1 Å². The van der Waals surface area contributed by atoms with Crippen LogP contribution in [0, 0.1) is 6.92 Å². The predicted molar refractivity (Wildman–Crippen MR) is 110 cm³/mol. The predicted octanol–water partition coefficient (Wildman–Crippen LogP) is 5.45. The molecule has 0 radical (unpaired) electrons. The van der Waals surface area contributed by atoms with E-state index in [1.54, 1.807) is 38.1 Å². The molecule has 2 aromatic rings. The van der Waals surface area contributed by atoms with Crippen molar-refractivity contribution in [3.05, 3.63) is 22.8 Å². The largest absolute Gasteiger partial charge is 0.496 e. The zero-order valence-corrected chi connectivity index (χ0v) is 17.6. The number of methoxy groups -OCH3 is 2. The lowest BCUT2D eigenvalue weighted by atomic mass is 10.1. The summed E-state index contributed by atoms with van der Waals surface area (Å²) in [6, 6.07) is 3.52. The SMILES string of the molecule is CCCCCNc1nc(C)c(-c2c(OC)cc(Cl)cc2OC)nc1SC. The van der Waals surface area contributed by atoms with Gasteiger partial charge in [-0.15, -0.1) is 11.8 Å². The van der Waals surface area contributed by atoms with Crippen LogP contribution in [0.2, 0.25) is 5.02 Å². The average Bonchev–Trinajstić information content (AvgIpc) is 2.65. The fourth-order valence-corrected chi connectivity index (χ4v) is 3.39. The van der Waals surface area contributed by atoms with Crippen LogP contribution in [-0.2, 0) is 0 Å². The monoisotopic (exact) mass is 395 g/mol. The van der Waals surface area contributed by atoms with Gasteiger partial charge < -0.3 is 14.8 Å². The van der Waals surface area contributed by atoms with Crippen LogP contribution in [-0.4, -0.2) is 37.0 Å². The molecule has 0 unspecified atom stereocenters. The molecule has 26 heavy (non-hydrogen) atoms. The molecule has 1 aromatic carbocycles. The number of hydrogen-bond acceptors (Lipinski definition) is 6. The van der Waals surface area contributed by atoms with Crippen LogP contribution in [0.1, 0.15) is 31.9 Å². The molecule has 0 fully saturated rings. The van der Waals surface area contributed by atoms with Gasteiger partial charge in [-0.2, -0.15) is 0 Å². The Bertz CT molecular complexity index is 731. The molecule has 0 atom stereocenters. The second-order valence-corrected chi connectivity index (χ2v) is 7.07. The number of aryl methyl sites for hydroxylation is 1. The summed E-state index contributed by atoms with van der Waals surface area (Å²) >= 11 is 7.73. The van der Waals surface area contributed by atoms with Crippen molar-refractivity contribution < 1.29 is 9.47 Å². The van der Waals surface area contributed by atoms with Crippen molar-refractivity contribution in [2.24, 2.45) is 0 Å². The third kappa shape index (κ3) is 4.74. The number of thioether (sulfide) groups is 1. The minimum atomic E-state index is 0.548. The molecule has 142 valence electrons. The van der Waals surface area contributed by atoms with E-state index in [2.05, 4.69) is 12.2 Å². The zero-order valence-electron chi connectivity index (χ0n) is 16.0. The molecule has 5 nitrogen and oxygen atoms in total. The third-order valence-corrected chi connectivity index (χ3v) is 4.90. The van der Waals surface area contributed by atoms with Gasteiger partial charge >= 0.3 is 0 Å². The Morgan fingerprint density at radius 2 is 1.77 bits per heavy atom. The van der Waals surface area contributed by atoms with Crippen molar-refractivity contribution in [1.29, 1.82) is 0 Å². The number of benzene rings is 1. The number of halogens is 1. The van der Waals surface area contributed by atoms with Crippen LogP contribution in [0.5, 0.6) is 11.5 Å². The first-order valence-electron chi connectivity index (χ1n) is 8.64. The lowest BCUT2D eigenvalue weighted by Crippen LogP contribution is -2.08. The molecular formula is C19H26ClN3O2S. The summed E-state index contributed by atoms with van der Waals surface area (Å²) in [7, 11) is 3.22. The van der Waals surface area contributed by atoms with Crippen LogP contribution >= 0.6 is 23.4 Å². The summed E-state index contributed by atoms with van der Waals surface area (Å²) in [5.74, 6) is 2.05. The number of aromatic nitrogens is 2. The maximum Gasteiger partial charge on any atom is 0.158 e. The molecule has 0 aliphatic carbocycles. The van der Waals surface area contributed by atoms with Gasteiger partial charge in [-0.3, -0.25) is 0 Å². The summed E-state index contributed by atoms with van der Waals surface area (Å²) in [6.07, 6.45) is 5.50. The second-order valence-electron chi connectivity index (χ2n) is 5.83. The number of hydrogen-bond donors (Lipinski definition) is 1. The molecular weight excluding hydrogens is 370 g/mol. The van der Waals surface area contributed by atoms with Crippen LogP contribution in [0.4, 0.5) is 5.82 Å². The maximum atomic E-state index is 6.16. The first-order valence-corrected chi connectivity index (χ1v) is 10.2. The third-order valence-electron chi connectivity index (χ3n) is 4.01. The highest BCUT2D eigenvalue weighted by atomic mass is 35.5. The minimum absolute atomic E-state index is 0.548. The van der Waals surface area contributed by atoms with Gasteiger partial charge in [0.1, 0.15) is 22.2 Å². The van der Waals surface area contributed by atoms with Gasteiger partial charge in [0.05, 0.1) is 25.5 Å². The molecule has 0 aliphatic rings. The van der Waals surface area contributed by atoms with Crippen molar-refractivity contribution in [1.82, 2.24) is 9.97 Å². The van der Waals surface area contributed by atoms with E-state index in [1.165, 1.54) is 12.8 Å². The molecule has 2 rings (SSSR count). The van der Waals surface area contributed by atoms with Gasteiger partial charge in [0.25, 0.3) is 0 Å². The highest BCUT2D eigenvalue weighted by Crippen LogP contribution is 2.42. The Kier molecular flexibility index (Phi) is 7.85. The molecule has 1 N–H and O–H groups in total. The number of nitrogens with one attached hydrogen (secondary N) is 1. The van der Waals surface area contributed by atoms with Crippen molar-refractivity contribution in [3.63, 3.8) is 0 Å². The zero-order chi connectivity index (χ0) is 19.1. The maximum absolute atomic E-state index is 6.16. The van der Waals surface area contributed by atoms with Crippen molar-refractivity contribution in [3.8, 4) is 22.8 Å². The van der Waals surface area contributed by atoms with Crippen LogP contribution < -0.4 is 14.8 Å². The quantitative estimate of drug-likeness (QED) is 0.450. The average molecular weight is 396 g/mol. The Morgan fingerprint density at radius 3 is 2.31 bits per heavy atom. The highest BCUT2D eigenvalue weighted by Gasteiger charge is 2.20. The standard InChI is InChI=1S/C19H26ClN3O2S/c1-6-7-8-9-21-18-19(26-5)23-17(12(2)22-18)16-14(24-3)10-13(20)11-15(16)25-4/h10-11H,6-9H2,1-5H3,(H,21,22). The fraction of sp³-hybridized carbons (Fsp3) is 0.474. The van der Waals surface area contributed by atoms with Gasteiger partial charge in [-0.25, -0.2) is 9.97 Å². The van der Waals surface area contributed by atoms with E-state index < -0.39 is 0 Å². The Hall–Kier alpha value is -1.66. The van der Waals surface area contributed by atoms with Crippen molar-refractivity contribution >= 4 is 29.2 Å². The molecule has 0 aliphatic heterocycles. The second kappa shape index (κ2) is 9.88. The lowest BCUT2D eigenvalue weighted by Gasteiger charge is -2.17. The Balaban J connectivity index is 2.48. The summed E-state index contributed by atoms with van der Waals surface area (Å²) in [5, 5.41) is 4.80. The summed E-state index contributed by atoms with van der Waals surface area (Å²) in [4.78, 5) is 9.59. The van der Waals surface area contributed by atoms with Gasteiger partial charge in [0.2, 0.25) is 0 Å². The summed E-state index contributed by atoms with van der Waals surface area (Å²) in [6.45, 7) is 5.03. The molecule has 7 heteroatoms. The Labute approximate surface area is 164 Å². The normalized spacial score (nSPS) is 10.7. The molecule has 0 bridgehead atoms.